The van der Waals surface area contributed by atoms with Crippen molar-refractivity contribution >= 4 is 11.7 Å². The van der Waals surface area contributed by atoms with Crippen LogP contribution < -0.4 is 20.1 Å². The van der Waals surface area contributed by atoms with Gasteiger partial charge in [-0.25, -0.2) is 4.79 Å². The topological polar surface area (TPSA) is 59.6 Å². The van der Waals surface area contributed by atoms with Gasteiger partial charge < -0.3 is 20.1 Å². The molecule has 0 heterocycles. The molecule has 0 atom stereocenters. The summed E-state index contributed by atoms with van der Waals surface area (Å²) in [7, 11) is 1.58. The van der Waals surface area contributed by atoms with E-state index in [0.29, 0.717) is 11.4 Å². The SMILES string of the molecule is CCc1ccccc1OCNC(=O)Nc1cccc(OC)c1. The molecule has 5 nitrogen and oxygen atoms in total. The first-order valence-electron chi connectivity index (χ1n) is 7.12. The van der Waals surface area contributed by atoms with E-state index in [4.69, 9.17) is 9.47 Å². The third-order valence-electron chi connectivity index (χ3n) is 3.14. The molecule has 2 aromatic rings. The van der Waals surface area contributed by atoms with Crippen LogP contribution >= 0.6 is 0 Å². The molecule has 0 aliphatic heterocycles. The Balaban J connectivity index is 1.82. The van der Waals surface area contributed by atoms with E-state index in [1.165, 1.54) is 0 Å². The van der Waals surface area contributed by atoms with Crippen LogP contribution in [0, 0.1) is 0 Å². The molecular formula is C17H20N2O3. The number of aryl methyl sites for hydroxylation is 1. The van der Waals surface area contributed by atoms with Crippen molar-refractivity contribution in [3.8, 4) is 11.5 Å². The molecule has 22 heavy (non-hydrogen) atoms. The molecule has 0 aliphatic rings. The Labute approximate surface area is 130 Å². The van der Waals surface area contributed by atoms with Gasteiger partial charge in [-0.05, 0) is 30.2 Å². The molecule has 5 heteroatoms. The Hall–Kier alpha value is -2.69. The molecule has 0 bridgehead atoms. The van der Waals surface area contributed by atoms with Crippen molar-refractivity contribution < 1.29 is 14.3 Å². The van der Waals surface area contributed by atoms with Crippen molar-refractivity contribution in [2.75, 3.05) is 19.2 Å². The minimum Gasteiger partial charge on any atom is -0.497 e. The molecule has 2 rings (SSSR count). The molecule has 2 N–H and O–H groups in total. The van der Waals surface area contributed by atoms with Gasteiger partial charge in [-0.3, -0.25) is 0 Å². The number of nitrogens with one attached hydrogen (secondary N) is 2. The molecule has 116 valence electrons. The van der Waals surface area contributed by atoms with Crippen LogP contribution in [0.15, 0.2) is 48.5 Å². The lowest BCUT2D eigenvalue weighted by Gasteiger charge is -2.12. The summed E-state index contributed by atoms with van der Waals surface area (Å²) in [5.41, 5.74) is 1.77. The fourth-order valence-corrected chi connectivity index (χ4v) is 1.99. The summed E-state index contributed by atoms with van der Waals surface area (Å²) in [6, 6.07) is 14.6. The molecule has 0 radical (unpaired) electrons. The third kappa shape index (κ3) is 4.41. The first-order chi connectivity index (χ1) is 10.7. The Kier molecular flexibility index (Phi) is 5.65. The van der Waals surface area contributed by atoms with Crippen LogP contribution in [0.4, 0.5) is 10.5 Å². The molecule has 2 amide bonds. The smallest absolute Gasteiger partial charge is 0.321 e. The lowest BCUT2D eigenvalue weighted by molar-refractivity contribution is 0.234. The first-order valence-corrected chi connectivity index (χ1v) is 7.12. The van der Waals surface area contributed by atoms with Gasteiger partial charge in [0.15, 0.2) is 6.73 Å². The maximum absolute atomic E-state index is 11.8. The van der Waals surface area contributed by atoms with Crippen molar-refractivity contribution in [1.29, 1.82) is 0 Å². The van der Waals surface area contributed by atoms with Crippen LogP contribution in [-0.4, -0.2) is 19.9 Å². The maximum Gasteiger partial charge on any atom is 0.321 e. The quantitative estimate of drug-likeness (QED) is 0.804. The highest BCUT2D eigenvalue weighted by atomic mass is 16.5. The number of anilines is 1. The second kappa shape index (κ2) is 7.93. The second-order valence-corrected chi connectivity index (χ2v) is 4.61. The normalized spacial score (nSPS) is 9.91. The van der Waals surface area contributed by atoms with E-state index in [1.807, 2.05) is 36.4 Å². The largest absolute Gasteiger partial charge is 0.497 e. The van der Waals surface area contributed by atoms with Crippen LogP contribution in [-0.2, 0) is 6.42 Å². The number of carbonyl (C=O) groups is 1. The Morgan fingerprint density at radius 1 is 1.14 bits per heavy atom. The van der Waals surface area contributed by atoms with Gasteiger partial charge in [-0.15, -0.1) is 0 Å². The van der Waals surface area contributed by atoms with Gasteiger partial charge in [-0.1, -0.05) is 31.2 Å². The van der Waals surface area contributed by atoms with Crippen molar-refractivity contribution in [1.82, 2.24) is 5.32 Å². The molecule has 0 aromatic heterocycles. The van der Waals surface area contributed by atoms with Gasteiger partial charge in [0.1, 0.15) is 11.5 Å². The van der Waals surface area contributed by atoms with Crippen LogP contribution in [0.2, 0.25) is 0 Å². The van der Waals surface area contributed by atoms with Crippen LogP contribution in [0.1, 0.15) is 12.5 Å². The minimum absolute atomic E-state index is 0.104. The van der Waals surface area contributed by atoms with Gasteiger partial charge >= 0.3 is 6.03 Å². The Morgan fingerprint density at radius 2 is 1.95 bits per heavy atom. The molecule has 0 saturated heterocycles. The summed E-state index contributed by atoms with van der Waals surface area (Å²) in [4.78, 5) is 11.8. The lowest BCUT2D eigenvalue weighted by Crippen LogP contribution is -2.32. The second-order valence-electron chi connectivity index (χ2n) is 4.61. The van der Waals surface area contributed by atoms with E-state index in [-0.39, 0.29) is 12.8 Å². The van der Waals surface area contributed by atoms with E-state index >= 15 is 0 Å². The van der Waals surface area contributed by atoms with E-state index in [0.717, 1.165) is 17.7 Å². The molecule has 0 unspecified atom stereocenters. The molecule has 0 spiro atoms. The highest BCUT2D eigenvalue weighted by molar-refractivity contribution is 5.89. The summed E-state index contributed by atoms with van der Waals surface area (Å²) in [5.74, 6) is 1.47. The van der Waals surface area contributed by atoms with Gasteiger partial charge in [0.05, 0.1) is 7.11 Å². The summed E-state index contributed by atoms with van der Waals surface area (Å²) in [6.07, 6.45) is 0.881. The zero-order valence-electron chi connectivity index (χ0n) is 12.8. The monoisotopic (exact) mass is 300 g/mol. The molecule has 0 aliphatic carbocycles. The molecule has 0 fully saturated rings. The average Bonchev–Trinajstić information content (AvgIpc) is 2.55. The predicted molar refractivity (Wildman–Crippen MR) is 86.5 cm³/mol. The Bertz CT molecular complexity index is 629. The number of para-hydroxylation sites is 1. The van der Waals surface area contributed by atoms with Crippen LogP contribution in [0.3, 0.4) is 0 Å². The first kappa shape index (κ1) is 15.7. The van der Waals surface area contributed by atoms with E-state index in [9.17, 15) is 4.79 Å². The number of hydrogen-bond acceptors (Lipinski definition) is 3. The van der Waals surface area contributed by atoms with Crippen molar-refractivity contribution in [2.24, 2.45) is 0 Å². The summed E-state index contributed by atoms with van der Waals surface area (Å²) < 4.78 is 10.7. The maximum atomic E-state index is 11.8. The predicted octanol–water partition coefficient (Wildman–Crippen LogP) is 3.42. The van der Waals surface area contributed by atoms with Crippen LogP contribution in [0.5, 0.6) is 11.5 Å². The van der Waals surface area contributed by atoms with Crippen molar-refractivity contribution in [3.63, 3.8) is 0 Å². The number of carbonyl (C=O) groups excluding carboxylic acids is 1. The highest BCUT2D eigenvalue weighted by Gasteiger charge is 2.04. The number of benzene rings is 2. The minimum atomic E-state index is -0.331. The van der Waals surface area contributed by atoms with Gasteiger partial charge in [0.2, 0.25) is 0 Å². The highest BCUT2D eigenvalue weighted by Crippen LogP contribution is 2.18. The number of hydrogen-bond donors (Lipinski definition) is 2. The molecule has 2 aromatic carbocycles. The number of urea groups is 1. The molecule has 0 saturated carbocycles. The van der Waals surface area contributed by atoms with Gasteiger partial charge in [0, 0.05) is 11.8 Å². The van der Waals surface area contributed by atoms with E-state index in [2.05, 4.69) is 17.6 Å². The summed E-state index contributed by atoms with van der Waals surface area (Å²) in [6.45, 7) is 2.16. The third-order valence-corrected chi connectivity index (χ3v) is 3.14. The number of methoxy groups -OCH3 is 1. The van der Waals surface area contributed by atoms with Crippen LogP contribution in [0.25, 0.3) is 0 Å². The fourth-order valence-electron chi connectivity index (χ4n) is 1.99. The number of amides is 2. The molecular weight excluding hydrogens is 280 g/mol. The van der Waals surface area contributed by atoms with E-state index < -0.39 is 0 Å². The Morgan fingerprint density at radius 3 is 2.73 bits per heavy atom. The van der Waals surface area contributed by atoms with Crippen molar-refractivity contribution in [2.45, 2.75) is 13.3 Å². The summed E-state index contributed by atoms with van der Waals surface area (Å²) in [5, 5.41) is 5.38. The zero-order valence-corrected chi connectivity index (χ0v) is 12.8. The summed E-state index contributed by atoms with van der Waals surface area (Å²) >= 11 is 0. The fraction of sp³-hybridized carbons (Fsp3) is 0.235. The van der Waals surface area contributed by atoms with Gasteiger partial charge in [-0.2, -0.15) is 0 Å². The lowest BCUT2D eigenvalue weighted by atomic mass is 10.1. The number of rotatable bonds is 6. The number of ether oxygens (including phenoxy) is 2. The zero-order chi connectivity index (χ0) is 15.8. The van der Waals surface area contributed by atoms with Gasteiger partial charge in [0.25, 0.3) is 0 Å². The van der Waals surface area contributed by atoms with E-state index in [1.54, 1.807) is 19.2 Å². The van der Waals surface area contributed by atoms with Crippen molar-refractivity contribution in [3.05, 3.63) is 54.1 Å². The average molecular weight is 300 g/mol. The standard InChI is InChI=1S/C17H20N2O3/c1-3-13-7-4-5-10-16(13)22-12-18-17(20)19-14-8-6-9-15(11-14)21-2/h4-11H,3,12H2,1-2H3,(H2,18,19,20).